The lowest BCUT2D eigenvalue weighted by atomic mass is 9.82. The number of urea groups is 1. The minimum atomic E-state index is -0.248. The third-order valence-electron chi connectivity index (χ3n) is 3.69. The summed E-state index contributed by atoms with van der Waals surface area (Å²) in [6.07, 6.45) is 1.55. The van der Waals surface area contributed by atoms with Crippen molar-refractivity contribution in [1.82, 2.24) is 9.80 Å². The van der Waals surface area contributed by atoms with Crippen molar-refractivity contribution >= 4 is 6.03 Å². The maximum Gasteiger partial charge on any atom is 0.320 e. The van der Waals surface area contributed by atoms with Crippen LogP contribution in [0.2, 0.25) is 0 Å². The number of nitrogens with zero attached hydrogens (tertiary/aromatic N) is 3. The van der Waals surface area contributed by atoms with Gasteiger partial charge in [0.15, 0.2) is 0 Å². The van der Waals surface area contributed by atoms with Crippen molar-refractivity contribution in [2.75, 3.05) is 39.4 Å². The average Bonchev–Trinajstić information content (AvgIpc) is 2.40. The molecule has 0 spiro atoms. The molecule has 2 rings (SSSR count). The molecule has 0 bridgehead atoms. The molecule has 0 aromatic rings. The fourth-order valence-corrected chi connectivity index (χ4v) is 2.26. The van der Waals surface area contributed by atoms with E-state index in [1.165, 1.54) is 0 Å². The minimum Gasteiger partial charge on any atom is -0.378 e. The van der Waals surface area contributed by atoms with E-state index in [2.05, 4.69) is 6.07 Å². The molecule has 0 radical (unpaired) electrons. The van der Waals surface area contributed by atoms with E-state index < -0.39 is 0 Å². The Morgan fingerprint density at radius 1 is 1.18 bits per heavy atom. The van der Waals surface area contributed by atoms with Crippen molar-refractivity contribution in [3.8, 4) is 6.07 Å². The molecule has 94 valence electrons. The highest BCUT2D eigenvalue weighted by Gasteiger charge is 2.33. The second-order valence-corrected chi connectivity index (χ2v) is 5.04. The highest BCUT2D eigenvalue weighted by molar-refractivity contribution is 5.74. The van der Waals surface area contributed by atoms with E-state index in [1.807, 2.05) is 16.7 Å². The van der Waals surface area contributed by atoms with E-state index in [-0.39, 0.29) is 11.4 Å². The zero-order valence-corrected chi connectivity index (χ0v) is 10.3. The summed E-state index contributed by atoms with van der Waals surface area (Å²) in [5.41, 5.74) is -0.248. The first-order chi connectivity index (χ1) is 8.14. The van der Waals surface area contributed by atoms with Gasteiger partial charge in [-0.05, 0) is 19.8 Å². The van der Waals surface area contributed by atoms with Crippen molar-refractivity contribution < 1.29 is 9.53 Å². The molecule has 2 aliphatic heterocycles. The van der Waals surface area contributed by atoms with E-state index in [1.54, 1.807) is 0 Å². The lowest BCUT2D eigenvalue weighted by molar-refractivity contribution is 0.0386. The number of nitriles is 1. The SMILES string of the molecule is CC1(C#N)CCN(C(=O)N2CCOCC2)CC1. The first-order valence-corrected chi connectivity index (χ1v) is 6.17. The number of carbonyl (C=O) groups is 1. The van der Waals surface area contributed by atoms with Gasteiger partial charge >= 0.3 is 6.03 Å². The van der Waals surface area contributed by atoms with Crippen LogP contribution >= 0.6 is 0 Å². The van der Waals surface area contributed by atoms with E-state index in [4.69, 9.17) is 10.00 Å². The third-order valence-corrected chi connectivity index (χ3v) is 3.69. The molecule has 2 fully saturated rings. The van der Waals surface area contributed by atoms with Crippen LogP contribution < -0.4 is 0 Å². The van der Waals surface area contributed by atoms with Gasteiger partial charge in [0.2, 0.25) is 0 Å². The summed E-state index contributed by atoms with van der Waals surface area (Å²) in [4.78, 5) is 15.9. The van der Waals surface area contributed by atoms with Gasteiger partial charge in [-0.3, -0.25) is 0 Å². The summed E-state index contributed by atoms with van der Waals surface area (Å²) in [5, 5.41) is 9.04. The molecule has 2 saturated heterocycles. The molecule has 0 N–H and O–H groups in total. The average molecular weight is 237 g/mol. The summed E-state index contributed by atoms with van der Waals surface area (Å²) in [7, 11) is 0. The van der Waals surface area contributed by atoms with Crippen molar-refractivity contribution in [2.45, 2.75) is 19.8 Å². The van der Waals surface area contributed by atoms with Crippen molar-refractivity contribution in [1.29, 1.82) is 5.26 Å². The molecule has 17 heavy (non-hydrogen) atoms. The number of piperidine rings is 1. The molecule has 0 atom stereocenters. The second-order valence-electron chi connectivity index (χ2n) is 5.04. The fraction of sp³-hybridized carbons (Fsp3) is 0.833. The van der Waals surface area contributed by atoms with Crippen LogP contribution in [-0.4, -0.2) is 55.2 Å². The topological polar surface area (TPSA) is 56.6 Å². The first kappa shape index (κ1) is 12.2. The number of rotatable bonds is 0. The summed E-state index contributed by atoms with van der Waals surface area (Å²) >= 11 is 0. The van der Waals surface area contributed by atoms with Crippen molar-refractivity contribution in [3.05, 3.63) is 0 Å². The van der Waals surface area contributed by atoms with E-state index in [9.17, 15) is 4.79 Å². The van der Waals surface area contributed by atoms with E-state index >= 15 is 0 Å². The van der Waals surface area contributed by atoms with Gasteiger partial charge < -0.3 is 14.5 Å². The van der Waals surface area contributed by atoms with Crippen LogP contribution in [0.15, 0.2) is 0 Å². The zero-order valence-electron chi connectivity index (χ0n) is 10.3. The summed E-state index contributed by atoms with van der Waals surface area (Å²) in [6.45, 7) is 6.00. The predicted octanol–water partition coefficient (Wildman–Crippen LogP) is 1.06. The number of hydrogen-bond donors (Lipinski definition) is 0. The standard InChI is InChI=1S/C12H19N3O2/c1-12(10-13)2-4-14(5-3-12)11(16)15-6-8-17-9-7-15/h2-9H2,1H3. The molecule has 2 amide bonds. The number of morpholine rings is 1. The number of carbonyl (C=O) groups excluding carboxylic acids is 1. The molecular weight excluding hydrogens is 218 g/mol. The molecule has 0 aliphatic carbocycles. The highest BCUT2D eigenvalue weighted by Crippen LogP contribution is 2.30. The van der Waals surface area contributed by atoms with Gasteiger partial charge in [-0.15, -0.1) is 0 Å². The van der Waals surface area contributed by atoms with Crippen LogP contribution in [-0.2, 0) is 4.74 Å². The number of likely N-dealkylation sites (tertiary alicyclic amines) is 1. The van der Waals surface area contributed by atoms with Crippen LogP contribution in [0.25, 0.3) is 0 Å². The zero-order chi connectivity index (χ0) is 12.3. The Balaban J connectivity index is 1.88. The molecule has 2 aliphatic rings. The number of ether oxygens (including phenoxy) is 1. The lowest BCUT2D eigenvalue weighted by Gasteiger charge is -2.38. The van der Waals surface area contributed by atoms with Crippen LogP contribution in [0.3, 0.4) is 0 Å². The van der Waals surface area contributed by atoms with Gasteiger partial charge in [-0.25, -0.2) is 4.79 Å². The maximum absolute atomic E-state index is 12.2. The van der Waals surface area contributed by atoms with E-state index in [0.29, 0.717) is 39.4 Å². The summed E-state index contributed by atoms with van der Waals surface area (Å²) in [5.74, 6) is 0. The lowest BCUT2D eigenvalue weighted by Crippen LogP contribution is -2.51. The van der Waals surface area contributed by atoms with Crippen LogP contribution in [0.4, 0.5) is 4.79 Å². The Morgan fingerprint density at radius 3 is 2.24 bits per heavy atom. The molecule has 5 nitrogen and oxygen atoms in total. The molecule has 2 heterocycles. The van der Waals surface area contributed by atoms with E-state index in [0.717, 1.165) is 12.8 Å². The summed E-state index contributed by atoms with van der Waals surface area (Å²) < 4.78 is 5.23. The molecule has 0 unspecified atom stereocenters. The fourth-order valence-electron chi connectivity index (χ4n) is 2.26. The Hall–Kier alpha value is -1.28. The van der Waals surface area contributed by atoms with Crippen molar-refractivity contribution in [3.63, 3.8) is 0 Å². The Bertz CT molecular complexity index is 323. The van der Waals surface area contributed by atoms with Crippen molar-refractivity contribution in [2.24, 2.45) is 5.41 Å². The molecule has 5 heteroatoms. The van der Waals surface area contributed by atoms with Gasteiger partial charge in [0, 0.05) is 26.2 Å². The predicted molar refractivity (Wildman–Crippen MR) is 62.3 cm³/mol. The Morgan fingerprint density at radius 2 is 1.71 bits per heavy atom. The number of amides is 2. The third kappa shape index (κ3) is 2.70. The van der Waals surface area contributed by atoms with Gasteiger partial charge in [0.05, 0.1) is 24.7 Å². The molecular formula is C12H19N3O2. The van der Waals surface area contributed by atoms with Crippen LogP contribution in [0.1, 0.15) is 19.8 Å². The van der Waals surface area contributed by atoms with Gasteiger partial charge in [-0.1, -0.05) is 0 Å². The monoisotopic (exact) mass is 237 g/mol. The van der Waals surface area contributed by atoms with Crippen LogP contribution in [0, 0.1) is 16.7 Å². The maximum atomic E-state index is 12.2. The molecule has 0 saturated carbocycles. The first-order valence-electron chi connectivity index (χ1n) is 6.17. The normalized spacial score (nSPS) is 24.2. The van der Waals surface area contributed by atoms with Gasteiger partial charge in [-0.2, -0.15) is 5.26 Å². The van der Waals surface area contributed by atoms with Gasteiger partial charge in [0.25, 0.3) is 0 Å². The number of hydrogen-bond acceptors (Lipinski definition) is 3. The van der Waals surface area contributed by atoms with Gasteiger partial charge in [0.1, 0.15) is 0 Å². The Labute approximate surface area is 102 Å². The molecule has 0 aromatic carbocycles. The Kier molecular flexibility index (Phi) is 3.53. The molecule has 0 aromatic heterocycles. The highest BCUT2D eigenvalue weighted by atomic mass is 16.5. The largest absolute Gasteiger partial charge is 0.378 e. The van der Waals surface area contributed by atoms with Crippen LogP contribution in [0.5, 0.6) is 0 Å². The summed E-state index contributed by atoms with van der Waals surface area (Å²) in [6, 6.07) is 2.45. The quantitative estimate of drug-likeness (QED) is 0.633. The second kappa shape index (κ2) is 4.92. The smallest absolute Gasteiger partial charge is 0.320 e. The minimum absolute atomic E-state index is 0.105.